The van der Waals surface area contributed by atoms with E-state index in [1.54, 1.807) is 7.05 Å². The largest absolute Gasteiger partial charge is 0.491 e. The molecule has 2 aromatic carbocycles. The summed E-state index contributed by atoms with van der Waals surface area (Å²) >= 11 is 0. The standard InChI is InChI=1S/C24H27N3O3/c1-17(2)30-20-11-9-18(10-12-20)21-22(24(29)25(3)23(21)28)27-15-13-26(14-16-27)19-7-5-4-6-8-19/h4-12,17H,13-16H2,1-3H3. The molecule has 2 amide bonds. The Morgan fingerprint density at radius 2 is 1.40 bits per heavy atom. The van der Waals surface area contributed by atoms with Crippen LogP contribution in [0.25, 0.3) is 5.57 Å². The predicted molar refractivity (Wildman–Crippen MR) is 117 cm³/mol. The van der Waals surface area contributed by atoms with Gasteiger partial charge in [-0.25, -0.2) is 0 Å². The van der Waals surface area contributed by atoms with Crippen molar-refractivity contribution >= 4 is 23.1 Å². The molecule has 1 saturated heterocycles. The average Bonchev–Trinajstić information content (AvgIpc) is 2.99. The molecular weight excluding hydrogens is 378 g/mol. The van der Waals surface area contributed by atoms with Gasteiger partial charge in [0.1, 0.15) is 11.4 Å². The molecule has 0 spiro atoms. The molecule has 2 aliphatic heterocycles. The highest BCUT2D eigenvalue weighted by Crippen LogP contribution is 2.32. The highest BCUT2D eigenvalue weighted by Gasteiger charge is 2.40. The number of para-hydroxylation sites is 1. The Labute approximate surface area is 177 Å². The number of hydrogen-bond acceptors (Lipinski definition) is 5. The summed E-state index contributed by atoms with van der Waals surface area (Å²) in [5.41, 5.74) is 2.91. The summed E-state index contributed by atoms with van der Waals surface area (Å²) in [6.45, 7) is 6.92. The van der Waals surface area contributed by atoms with E-state index in [-0.39, 0.29) is 17.9 Å². The lowest BCUT2D eigenvalue weighted by Crippen LogP contribution is -2.47. The molecule has 0 bridgehead atoms. The zero-order valence-corrected chi connectivity index (χ0v) is 17.7. The molecule has 0 unspecified atom stereocenters. The van der Waals surface area contributed by atoms with E-state index >= 15 is 0 Å². The number of likely N-dealkylation sites (N-methyl/N-ethyl adjacent to an activating group) is 1. The molecule has 156 valence electrons. The summed E-state index contributed by atoms with van der Waals surface area (Å²) in [7, 11) is 1.55. The molecule has 0 N–H and O–H groups in total. The minimum atomic E-state index is -0.252. The van der Waals surface area contributed by atoms with Crippen LogP contribution in [0.2, 0.25) is 0 Å². The van der Waals surface area contributed by atoms with Crippen LogP contribution in [-0.4, -0.2) is 60.9 Å². The third-order valence-electron chi connectivity index (χ3n) is 5.49. The number of anilines is 1. The maximum Gasteiger partial charge on any atom is 0.277 e. The Kier molecular flexibility index (Phi) is 5.48. The molecule has 0 aliphatic carbocycles. The van der Waals surface area contributed by atoms with Crippen LogP contribution < -0.4 is 9.64 Å². The van der Waals surface area contributed by atoms with Crippen molar-refractivity contribution < 1.29 is 14.3 Å². The van der Waals surface area contributed by atoms with Crippen LogP contribution in [0.3, 0.4) is 0 Å². The molecule has 4 rings (SSSR count). The third-order valence-corrected chi connectivity index (χ3v) is 5.49. The zero-order chi connectivity index (χ0) is 21.3. The van der Waals surface area contributed by atoms with Crippen molar-refractivity contribution in [2.45, 2.75) is 20.0 Å². The van der Waals surface area contributed by atoms with Crippen LogP contribution in [0.5, 0.6) is 5.75 Å². The zero-order valence-electron chi connectivity index (χ0n) is 17.7. The van der Waals surface area contributed by atoms with Gasteiger partial charge in [-0.15, -0.1) is 0 Å². The van der Waals surface area contributed by atoms with Gasteiger partial charge in [0.25, 0.3) is 11.8 Å². The van der Waals surface area contributed by atoms with Crippen LogP contribution in [0.15, 0.2) is 60.3 Å². The third kappa shape index (κ3) is 3.77. The molecule has 2 heterocycles. The summed E-state index contributed by atoms with van der Waals surface area (Å²) in [5, 5.41) is 0. The van der Waals surface area contributed by atoms with Gasteiger partial charge in [-0.3, -0.25) is 14.5 Å². The van der Waals surface area contributed by atoms with Crippen molar-refractivity contribution in [3.8, 4) is 5.75 Å². The first kappa shape index (κ1) is 20.0. The first-order chi connectivity index (χ1) is 14.5. The van der Waals surface area contributed by atoms with E-state index in [0.29, 0.717) is 24.4 Å². The Balaban J connectivity index is 1.60. The second-order valence-corrected chi connectivity index (χ2v) is 7.89. The van der Waals surface area contributed by atoms with Gasteiger partial charge in [-0.05, 0) is 43.7 Å². The number of benzene rings is 2. The number of nitrogens with zero attached hydrogens (tertiary/aromatic N) is 3. The van der Waals surface area contributed by atoms with Crippen LogP contribution in [0.1, 0.15) is 19.4 Å². The van der Waals surface area contributed by atoms with E-state index in [0.717, 1.165) is 24.4 Å². The number of ether oxygens (including phenoxy) is 1. The minimum Gasteiger partial charge on any atom is -0.491 e. The molecule has 1 fully saturated rings. The monoisotopic (exact) mass is 405 g/mol. The lowest BCUT2D eigenvalue weighted by Gasteiger charge is -2.37. The number of amides is 2. The highest BCUT2D eigenvalue weighted by atomic mass is 16.5. The van der Waals surface area contributed by atoms with Crippen molar-refractivity contribution in [3.63, 3.8) is 0 Å². The van der Waals surface area contributed by atoms with E-state index in [1.165, 1.54) is 10.6 Å². The Bertz CT molecular complexity index is 959. The topological polar surface area (TPSA) is 53.1 Å². The normalized spacial score (nSPS) is 17.4. The molecule has 2 aliphatic rings. The van der Waals surface area contributed by atoms with Crippen molar-refractivity contribution in [2.24, 2.45) is 0 Å². The minimum absolute atomic E-state index is 0.0763. The lowest BCUT2D eigenvalue weighted by atomic mass is 10.0. The van der Waals surface area contributed by atoms with Crippen molar-refractivity contribution in [2.75, 3.05) is 38.1 Å². The summed E-state index contributed by atoms with van der Waals surface area (Å²) in [6.07, 6.45) is 0.0763. The molecule has 0 atom stereocenters. The van der Waals surface area contributed by atoms with Crippen molar-refractivity contribution in [1.82, 2.24) is 9.80 Å². The van der Waals surface area contributed by atoms with Crippen LogP contribution in [0.4, 0.5) is 5.69 Å². The number of rotatable bonds is 5. The lowest BCUT2D eigenvalue weighted by molar-refractivity contribution is -0.135. The number of hydrogen-bond donors (Lipinski definition) is 0. The van der Waals surface area contributed by atoms with Gasteiger partial charge in [0.2, 0.25) is 0 Å². The molecule has 30 heavy (non-hydrogen) atoms. The fourth-order valence-electron chi connectivity index (χ4n) is 3.98. The second-order valence-electron chi connectivity index (χ2n) is 7.89. The van der Waals surface area contributed by atoms with E-state index in [9.17, 15) is 9.59 Å². The molecular formula is C24H27N3O3. The maximum absolute atomic E-state index is 12.9. The Hall–Kier alpha value is -3.28. The van der Waals surface area contributed by atoms with Crippen LogP contribution in [0, 0.1) is 0 Å². The van der Waals surface area contributed by atoms with E-state index in [2.05, 4.69) is 21.9 Å². The van der Waals surface area contributed by atoms with Gasteiger partial charge in [0.05, 0.1) is 11.7 Å². The van der Waals surface area contributed by atoms with Gasteiger partial charge < -0.3 is 14.5 Å². The van der Waals surface area contributed by atoms with Gasteiger partial charge in [-0.1, -0.05) is 30.3 Å². The molecule has 2 aromatic rings. The molecule has 0 radical (unpaired) electrons. The van der Waals surface area contributed by atoms with Crippen molar-refractivity contribution in [3.05, 3.63) is 65.9 Å². The smallest absolute Gasteiger partial charge is 0.277 e. The van der Waals surface area contributed by atoms with Gasteiger partial charge in [-0.2, -0.15) is 0 Å². The van der Waals surface area contributed by atoms with Gasteiger partial charge in [0, 0.05) is 38.9 Å². The summed E-state index contributed by atoms with van der Waals surface area (Å²) in [5.74, 6) is 0.265. The first-order valence-corrected chi connectivity index (χ1v) is 10.3. The number of piperazine rings is 1. The number of carbonyl (C=O) groups excluding carboxylic acids is 2. The van der Waals surface area contributed by atoms with Gasteiger partial charge >= 0.3 is 0 Å². The number of carbonyl (C=O) groups is 2. The fraction of sp³-hybridized carbons (Fsp3) is 0.333. The van der Waals surface area contributed by atoms with Gasteiger partial charge in [0.15, 0.2) is 0 Å². The van der Waals surface area contributed by atoms with E-state index in [4.69, 9.17) is 4.74 Å². The van der Waals surface area contributed by atoms with Crippen LogP contribution in [-0.2, 0) is 9.59 Å². The predicted octanol–water partition coefficient (Wildman–Crippen LogP) is 3.01. The highest BCUT2D eigenvalue weighted by molar-refractivity contribution is 6.35. The Morgan fingerprint density at radius 1 is 0.800 bits per heavy atom. The summed E-state index contributed by atoms with van der Waals surface area (Å²) in [4.78, 5) is 31.4. The molecule has 6 heteroatoms. The SMILES string of the molecule is CC(C)Oc1ccc(C2=C(N3CCN(c4ccccc4)CC3)C(=O)N(C)C2=O)cc1. The fourth-order valence-corrected chi connectivity index (χ4v) is 3.98. The maximum atomic E-state index is 12.9. The van der Waals surface area contributed by atoms with Crippen LogP contribution >= 0.6 is 0 Å². The quantitative estimate of drug-likeness (QED) is 0.716. The second kappa shape index (κ2) is 8.22. The molecule has 6 nitrogen and oxygen atoms in total. The Morgan fingerprint density at radius 3 is 2.00 bits per heavy atom. The first-order valence-electron chi connectivity index (χ1n) is 10.3. The van der Waals surface area contributed by atoms with Crippen molar-refractivity contribution in [1.29, 1.82) is 0 Å². The number of imide groups is 1. The average molecular weight is 405 g/mol. The van der Waals surface area contributed by atoms with E-state index in [1.807, 2.05) is 56.3 Å². The summed E-state index contributed by atoms with van der Waals surface area (Å²) in [6, 6.07) is 17.7. The molecule has 0 aromatic heterocycles. The van der Waals surface area contributed by atoms with E-state index < -0.39 is 0 Å². The summed E-state index contributed by atoms with van der Waals surface area (Å²) < 4.78 is 5.70. The molecule has 0 saturated carbocycles.